The van der Waals surface area contributed by atoms with Gasteiger partial charge in [0.2, 0.25) is 5.82 Å². The number of imidazole rings is 1. The number of nitrogens with zero attached hydrogens (tertiary/aromatic N) is 4. The van der Waals surface area contributed by atoms with E-state index in [-0.39, 0.29) is 16.6 Å². The lowest BCUT2D eigenvalue weighted by Gasteiger charge is -2.19. The van der Waals surface area contributed by atoms with E-state index in [1.165, 1.54) is 16.8 Å². The largest absolute Gasteiger partial charge is 0.449 e. The first kappa shape index (κ1) is 19.7. The molecule has 0 unspecified atom stereocenters. The van der Waals surface area contributed by atoms with Gasteiger partial charge < -0.3 is 10.3 Å². The van der Waals surface area contributed by atoms with E-state index in [2.05, 4.69) is 25.4 Å². The van der Waals surface area contributed by atoms with E-state index in [0.717, 1.165) is 5.56 Å². The van der Waals surface area contributed by atoms with Crippen LogP contribution < -0.4 is 5.32 Å². The van der Waals surface area contributed by atoms with E-state index in [0.29, 0.717) is 11.2 Å². The maximum absolute atomic E-state index is 13.1. The van der Waals surface area contributed by atoms with Crippen LogP contribution in [0.4, 0.5) is 13.2 Å². The molecule has 32 heavy (non-hydrogen) atoms. The molecule has 7 nitrogen and oxygen atoms in total. The Balaban J connectivity index is 1.55. The second-order valence-corrected chi connectivity index (χ2v) is 7.12. The van der Waals surface area contributed by atoms with E-state index in [1.807, 2.05) is 30.3 Å². The van der Waals surface area contributed by atoms with E-state index >= 15 is 0 Å². The summed E-state index contributed by atoms with van der Waals surface area (Å²) in [5.74, 6) is -1.48. The maximum atomic E-state index is 13.1. The molecular formula is C22H15F3N6O. The number of rotatable bonds is 4. The Morgan fingerprint density at radius 1 is 1.06 bits per heavy atom. The SMILES string of the molecule is O=C(N[C@H](c1ccccc1)c1ccc2nc(C(F)(F)F)[nH]c2c1)c1cnn2cccnc12. The molecule has 5 aromatic rings. The number of carbonyl (C=O) groups is 1. The van der Waals surface area contributed by atoms with Crippen molar-refractivity contribution < 1.29 is 18.0 Å². The summed E-state index contributed by atoms with van der Waals surface area (Å²) in [5, 5.41) is 7.09. The number of alkyl halides is 3. The minimum atomic E-state index is -4.58. The fourth-order valence-electron chi connectivity index (χ4n) is 3.54. The van der Waals surface area contributed by atoms with E-state index in [9.17, 15) is 18.0 Å². The maximum Gasteiger partial charge on any atom is 0.449 e. The summed E-state index contributed by atoms with van der Waals surface area (Å²) in [7, 11) is 0. The third-order valence-corrected chi connectivity index (χ3v) is 5.04. The van der Waals surface area contributed by atoms with Gasteiger partial charge in [-0.15, -0.1) is 0 Å². The minimum absolute atomic E-state index is 0.186. The van der Waals surface area contributed by atoms with Gasteiger partial charge in [-0.2, -0.15) is 18.3 Å². The molecule has 2 aromatic carbocycles. The second-order valence-electron chi connectivity index (χ2n) is 7.12. The molecule has 0 bridgehead atoms. The molecule has 160 valence electrons. The number of benzene rings is 2. The number of nitrogens with one attached hydrogen (secondary N) is 2. The van der Waals surface area contributed by atoms with Crippen LogP contribution in [0.3, 0.4) is 0 Å². The third kappa shape index (κ3) is 3.55. The van der Waals surface area contributed by atoms with E-state index in [1.54, 1.807) is 30.6 Å². The number of amides is 1. The number of aromatic nitrogens is 5. The van der Waals surface area contributed by atoms with Crippen molar-refractivity contribution in [1.82, 2.24) is 29.9 Å². The van der Waals surface area contributed by atoms with Gasteiger partial charge in [-0.25, -0.2) is 14.5 Å². The monoisotopic (exact) mass is 436 g/mol. The molecule has 0 radical (unpaired) electrons. The number of fused-ring (bicyclic) bond motifs is 2. The number of H-pyrrole nitrogens is 1. The lowest BCUT2D eigenvalue weighted by Crippen LogP contribution is -2.29. The average molecular weight is 436 g/mol. The Morgan fingerprint density at radius 3 is 2.66 bits per heavy atom. The Morgan fingerprint density at radius 2 is 1.88 bits per heavy atom. The summed E-state index contributed by atoms with van der Waals surface area (Å²) in [6.45, 7) is 0. The molecule has 3 aromatic heterocycles. The van der Waals surface area contributed by atoms with Crippen LogP contribution >= 0.6 is 0 Å². The standard InChI is InChI=1S/C22H15F3N6O/c23-22(24,25)21-28-16-8-7-14(11-17(16)29-21)18(13-5-2-1-3-6-13)30-20(32)15-12-27-31-10-4-9-26-19(15)31/h1-12,18H,(H,28,29)(H,30,32)/t18-/m1/s1. The van der Waals surface area contributed by atoms with Gasteiger partial charge in [0, 0.05) is 12.4 Å². The molecule has 0 fully saturated rings. The molecule has 1 amide bonds. The fourth-order valence-corrected chi connectivity index (χ4v) is 3.54. The first-order valence-corrected chi connectivity index (χ1v) is 9.61. The Bertz CT molecular complexity index is 1420. The van der Waals surface area contributed by atoms with Gasteiger partial charge in [-0.3, -0.25) is 4.79 Å². The summed E-state index contributed by atoms with van der Waals surface area (Å²) in [5.41, 5.74) is 2.46. The van der Waals surface area contributed by atoms with Crippen LogP contribution in [0.25, 0.3) is 16.7 Å². The molecule has 1 atom stereocenters. The smallest absolute Gasteiger partial charge is 0.341 e. The average Bonchev–Trinajstić information content (AvgIpc) is 3.42. The van der Waals surface area contributed by atoms with Crippen LogP contribution in [0.15, 0.2) is 73.2 Å². The summed E-state index contributed by atoms with van der Waals surface area (Å²) >= 11 is 0. The quantitative estimate of drug-likeness (QED) is 0.443. The van der Waals surface area contributed by atoms with Gasteiger partial charge in [0.25, 0.3) is 5.91 Å². The van der Waals surface area contributed by atoms with Crippen LogP contribution in [0.2, 0.25) is 0 Å². The van der Waals surface area contributed by atoms with Gasteiger partial charge in [0.05, 0.1) is 23.3 Å². The lowest BCUT2D eigenvalue weighted by atomic mass is 9.98. The molecular weight excluding hydrogens is 421 g/mol. The van der Waals surface area contributed by atoms with Crippen molar-refractivity contribution in [2.45, 2.75) is 12.2 Å². The van der Waals surface area contributed by atoms with E-state index in [4.69, 9.17) is 0 Å². The van der Waals surface area contributed by atoms with E-state index < -0.39 is 23.9 Å². The van der Waals surface area contributed by atoms with Crippen molar-refractivity contribution in [1.29, 1.82) is 0 Å². The summed E-state index contributed by atoms with van der Waals surface area (Å²) in [4.78, 5) is 23.2. The lowest BCUT2D eigenvalue weighted by molar-refractivity contribution is -0.144. The van der Waals surface area contributed by atoms with Gasteiger partial charge in [0.1, 0.15) is 5.56 Å². The number of hydrogen-bond acceptors (Lipinski definition) is 4. The van der Waals surface area contributed by atoms with Crippen LogP contribution in [-0.4, -0.2) is 30.5 Å². The normalized spacial score (nSPS) is 12.8. The molecule has 0 aliphatic carbocycles. The van der Waals surface area contributed by atoms with Crippen LogP contribution in [0.1, 0.15) is 33.4 Å². The Hall–Kier alpha value is -4.21. The molecule has 0 saturated carbocycles. The van der Waals surface area contributed by atoms with Crippen molar-refractivity contribution in [3.05, 3.63) is 95.7 Å². The Kier molecular flexibility index (Phi) is 4.62. The first-order valence-electron chi connectivity index (χ1n) is 9.61. The van der Waals surface area contributed by atoms with Crippen molar-refractivity contribution in [2.24, 2.45) is 0 Å². The highest BCUT2D eigenvalue weighted by molar-refractivity contribution is 6.00. The highest BCUT2D eigenvalue weighted by Gasteiger charge is 2.34. The van der Waals surface area contributed by atoms with Crippen molar-refractivity contribution in [2.75, 3.05) is 0 Å². The number of carbonyl (C=O) groups excluding carboxylic acids is 1. The van der Waals surface area contributed by atoms with Gasteiger partial charge in [-0.1, -0.05) is 36.4 Å². The van der Waals surface area contributed by atoms with Gasteiger partial charge in [0.15, 0.2) is 5.65 Å². The van der Waals surface area contributed by atoms with Crippen molar-refractivity contribution >= 4 is 22.6 Å². The number of hydrogen-bond donors (Lipinski definition) is 2. The minimum Gasteiger partial charge on any atom is -0.341 e. The Labute approximate surface area is 178 Å². The highest BCUT2D eigenvalue weighted by Crippen LogP contribution is 2.30. The number of halogens is 3. The molecule has 2 N–H and O–H groups in total. The number of aromatic amines is 1. The van der Waals surface area contributed by atoms with Gasteiger partial charge >= 0.3 is 6.18 Å². The van der Waals surface area contributed by atoms with Crippen LogP contribution in [0.5, 0.6) is 0 Å². The fraction of sp³-hybridized carbons (Fsp3) is 0.0909. The van der Waals surface area contributed by atoms with Crippen molar-refractivity contribution in [3.63, 3.8) is 0 Å². The zero-order valence-corrected chi connectivity index (χ0v) is 16.3. The topological polar surface area (TPSA) is 88.0 Å². The molecule has 3 heterocycles. The zero-order valence-electron chi connectivity index (χ0n) is 16.3. The zero-order chi connectivity index (χ0) is 22.3. The molecule has 5 rings (SSSR count). The predicted octanol–water partition coefficient (Wildman–Crippen LogP) is 4.14. The summed E-state index contributed by atoms with van der Waals surface area (Å²) < 4.78 is 40.6. The second kappa shape index (κ2) is 7.49. The third-order valence-electron chi connectivity index (χ3n) is 5.04. The molecule has 0 aliphatic rings. The highest BCUT2D eigenvalue weighted by atomic mass is 19.4. The molecule has 0 aliphatic heterocycles. The van der Waals surface area contributed by atoms with Crippen molar-refractivity contribution in [3.8, 4) is 0 Å². The summed E-state index contributed by atoms with van der Waals surface area (Å²) in [6.07, 6.45) is 0.0845. The first-order chi connectivity index (χ1) is 15.4. The molecule has 0 saturated heterocycles. The molecule has 10 heteroatoms. The van der Waals surface area contributed by atoms with Crippen LogP contribution in [0, 0.1) is 0 Å². The van der Waals surface area contributed by atoms with Crippen LogP contribution in [-0.2, 0) is 6.18 Å². The predicted molar refractivity (Wildman–Crippen MR) is 110 cm³/mol. The molecule has 0 spiro atoms. The van der Waals surface area contributed by atoms with Gasteiger partial charge in [-0.05, 0) is 29.3 Å². The summed E-state index contributed by atoms with van der Waals surface area (Å²) in [6, 6.07) is 14.9.